The van der Waals surface area contributed by atoms with Crippen molar-refractivity contribution in [2.75, 3.05) is 0 Å². The molecule has 0 N–H and O–H groups in total. The lowest BCUT2D eigenvalue weighted by molar-refractivity contribution is 1.45. The van der Waals surface area contributed by atoms with E-state index in [9.17, 15) is 0 Å². The largest absolute Gasteiger partial charge is 0.0616 e. The van der Waals surface area contributed by atoms with Gasteiger partial charge in [-0.3, -0.25) is 0 Å². The first-order valence-corrected chi connectivity index (χ1v) is 7.21. The average molecular weight is 222 g/mol. The maximum Gasteiger partial charge on any atom is 0.00836 e. The zero-order valence-corrected chi connectivity index (χ0v) is 11.4. The van der Waals surface area contributed by atoms with Crippen molar-refractivity contribution >= 4 is 31.8 Å². The van der Waals surface area contributed by atoms with Gasteiger partial charge in [-0.15, -0.1) is 0 Å². The summed E-state index contributed by atoms with van der Waals surface area (Å²) in [4.78, 5) is 0. The van der Waals surface area contributed by atoms with Gasteiger partial charge in [-0.25, -0.2) is 0 Å². The summed E-state index contributed by atoms with van der Waals surface area (Å²) in [7, 11) is 1.23. The zero-order valence-electron chi connectivity index (χ0n) is 9.40. The molecule has 0 spiro atoms. The van der Waals surface area contributed by atoms with Gasteiger partial charge in [0.25, 0.3) is 0 Å². The highest BCUT2D eigenvalue weighted by molar-refractivity contribution is 6.13. The van der Waals surface area contributed by atoms with E-state index < -0.39 is 0 Å². The summed E-state index contributed by atoms with van der Waals surface area (Å²) in [6, 6.07) is 21.0. The van der Waals surface area contributed by atoms with Crippen LogP contribution in [-0.4, -0.2) is 10.2 Å². The first-order valence-electron chi connectivity index (χ1n) is 5.79. The van der Waals surface area contributed by atoms with E-state index in [1.807, 2.05) is 0 Å². The molecular formula is C15H14Si. The smallest absolute Gasteiger partial charge is 0.00836 e. The molecule has 0 amide bonds. The van der Waals surface area contributed by atoms with E-state index in [1.165, 1.54) is 43.4 Å². The van der Waals surface area contributed by atoms with E-state index >= 15 is 0 Å². The molecule has 3 aromatic rings. The van der Waals surface area contributed by atoms with Crippen LogP contribution in [0.4, 0.5) is 0 Å². The summed E-state index contributed by atoms with van der Waals surface area (Å²) in [6.45, 7) is 0. The Morgan fingerprint density at radius 1 is 0.688 bits per heavy atom. The molecule has 3 rings (SSSR count). The molecule has 0 fully saturated rings. The Hall–Kier alpha value is -1.60. The normalized spacial score (nSPS) is 11.2. The molecule has 0 heterocycles. The van der Waals surface area contributed by atoms with Crippen molar-refractivity contribution in [2.24, 2.45) is 0 Å². The van der Waals surface area contributed by atoms with Gasteiger partial charge in [-0.2, -0.15) is 0 Å². The van der Waals surface area contributed by atoms with Gasteiger partial charge in [-0.1, -0.05) is 54.6 Å². The molecule has 0 aliphatic heterocycles. The molecule has 0 nitrogen and oxygen atoms in total. The third kappa shape index (κ3) is 1.36. The second kappa shape index (κ2) is 3.76. The Bertz CT molecular complexity index is 656. The highest BCUT2D eigenvalue weighted by atomic mass is 28.1. The number of fused-ring (bicyclic) bond motifs is 3. The van der Waals surface area contributed by atoms with Crippen LogP contribution in [-0.2, 0) is 6.04 Å². The van der Waals surface area contributed by atoms with Crippen LogP contribution in [0.5, 0.6) is 0 Å². The molecule has 0 aliphatic carbocycles. The maximum atomic E-state index is 2.27. The van der Waals surface area contributed by atoms with Crippen LogP contribution in [0.3, 0.4) is 0 Å². The van der Waals surface area contributed by atoms with Crippen LogP contribution >= 0.6 is 0 Å². The Balaban J connectivity index is 2.52. The average Bonchev–Trinajstić information content (AvgIpc) is 2.37. The van der Waals surface area contributed by atoms with E-state index in [4.69, 9.17) is 0 Å². The molecule has 0 aliphatic rings. The number of benzene rings is 3. The quantitative estimate of drug-likeness (QED) is 0.439. The predicted molar refractivity (Wildman–Crippen MR) is 75.1 cm³/mol. The van der Waals surface area contributed by atoms with Crippen molar-refractivity contribution in [2.45, 2.75) is 6.04 Å². The minimum absolute atomic E-state index is 1.23. The van der Waals surface area contributed by atoms with Gasteiger partial charge in [0.2, 0.25) is 0 Å². The minimum Gasteiger partial charge on any atom is -0.0616 e. The molecule has 0 unspecified atom stereocenters. The van der Waals surface area contributed by atoms with E-state index in [0.29, 0.717) is 0 Å². The van der Waals surface area contributed by atoms with E-state index in [-0.39, 0.29) is 0 Å². The lowest BCUT2D eigenvalue weighted by Crippen LogP contribution is -1.86. The van der Waals surface area contributed by atoms with Crippen LogP contribution in [0.15, 0.2) is 54.6 Å². The fourth-order valence-electron chi connectivity index (χ4n) is 2.41. The van der Waals surface area contributed by atoms with Gasteiger partial charge in [0.05, 0.1) is 0 Å². The van der Waals surface area contributed by atoms with Crippen LogP contribution in [0.2, 0.25) is 0 Å². The standard InChI is InChI=1S/C15H14Si/c16-10-12-5-3-7-15-13-6-2-1-4-11(13)8-9-14(12)15/h1-9H,10H2,16H3. The molecule has 0 atom stereocenters. The van der Waals surface area contributed by atoms with E-state index in [0.717, 1.165) is 0 Å². The summed E-state index contributed by atoms with van der Waals surface area (Å²) in [5.74, 6) is 0. The number of hydrogen-bond donors (Lipinski definition) is 0. The second-order valence-electron chi connectivity index (χ2n) is 4.15. The highest BCUT2D eigenvalue weighted by Gasteiger charge is 2.02. The fourth-order valence-corrected chi connectivity index (χ4v) is 3.03. The summed E-state index contributed by atoms with van der Waals surface area (Å²) in [5.41, 5.74) is 1.50. The third-order valence-electron chi connectivity index (χ3n) is 3.26. The molecule has 0 bridgehead atoms. The molecule has 0 saturated heterocycles. The zero-order chi connectivity index (χ0) is 11.0. The number of hydrogen-bond acceptors (Lipinski definition) is 0. The van der Waals surface area contributed by atoms with Crippen molar-refractivity contribution in [1.82, 2.24) is 0 Å². The predicted octanol–water partition coefficient (Wildman–Crippen LogP) is 2.86. The molecule has 16 heavy (non-hydrogen) atoms. The molecule has 3 aromatic carbocycles. The monoisotopic (exact) mass is 222 g/mol. The van der Waals surface area contributed by atoms with E-state index in [1.54, 1.807) is 0 Å². The van der Waals surface area contributed by atoms with Crippen molar-refractivity contribution in [3.05, 3.63) is 60.2 Å². The Morgan fingerprint density at radius 2 is 1.50 bits per heavy atom. The van der Waals surface area contributed by atoms with Crippen molar-refractivity contribution < 1.29 is 0 Å². The third-order valence-corrected chi connectivity index (χ3v) is 4.02. The number of rotatable bonds is 1. The van der Waals surface area contributed by atoms with Crippen LogP contribution < -0.4 is 0 Å². The van der Waals surface area contributed by atoms with Crippen molar-refractivity contribution in [3.63, 3.8) is 0 Å². The first-order chi connectivity index (χ1) is 7.90. The molecule has 0 saturated carbocycles. The lowest BCUT2D eigenvalue weighted by Gasteiger charge is -2.07. The summed E-state index contributed by atoms with van der Waals surface area (Å²) in [6.07, 6.45) is 0. The van der Waals surface area contributed by atoms with Crippen LogP contribution in [0, 0.1) is 0 Å². The van der Waals surface area contributed by atoms with Crippen LogP contribution in [0.25, 0.3) is 21.5 Å². The second-order valence-corrected chi connectivity index (χ2v) is 4.86. The SMILES string of the molecule is [SiH3]Cc1cccc2c1ccc1ccccc12. The molecule has 0 radical (unpaired) electrons. The molecular weight excluding hydrogens is 208 g/mol. The Morgan fingerprint density at radius 3 is 2.38 bits per heavy atom. The van der Waals surface area contributed by atoms with Gasteiger partial charge >= 0.3 is 0 Å². The van der Waals surface area contributed by atoms with Crippen molar-refractivity contribution in [3.8, 4) is 0 Å². The Kier molecular flexibility index (Phi) is 2.26. The minimum atomic E-state index is 1.23. The highest BCUT2D eigenvalue weighted by Crippen LogP contribution is 2.27. The van der Waals surface area contributed by atoms with Crippen molar-refractivity contribution in [1.29, 1.82) is 0 Å². The summed E-state index contributed by atoms with van der Waals surface area (Å²) >= 11 is 0. The van der Waals surface area contributed by atoms with Gasteiger partial charge in [-0.05, 0) is 33.2 Å². The molecule has 1 heteroatoms. The van der Waals surface area contributed by atoms with Gasteiger partial charge in [0.15, 0.2) is 0 Å². The molecule has 0 aromatic heterocycles. The lowest BCUT2D eigenvalue weighted by atomic mass is 9.99. The first kappa shape index (κ1) is 9.61. The van der Waals surface area contributed by atoms with E-state index in [2.05, 4.69) is 54.6 Å². The topological polar surface area (TPSA) is 0 Å². The maximum absolute atomic E-state index is 2.27. The van der Waals surface area contributed by atoms with Crippen LogP contribution in [0.1, 0.15) is 5.56 Å². The fraction of sp³-hybridized carbons (Fsp3) is 0.0667. The van der Waals surface area contributed by atoms with Gasteiger partial charge in [0.1, 0.15) is 0 Å². The van der Waals surface area contributed by atoms with Gasteiger partial charge in [0, 0.05) is 10.2 Å². The Labute approximate surface area is 98.3 Å². The summed E-state index contributed by atoms with van der Waals surface area (Å²) in [5, 5.41) is 5.53. The summed E-state index contributed by atoms with van der Waals surface area (Å²) < 4.78 is 0. The van der Waals surface area contributed by atoms with Gasteiger partial charge < -0.3 is 0 Å². The molecule has 78 valence electrons.